The lowest BCUT2D eigenvalue weighted by atomic mass is 9.99. The van der Waals surface area contributed by atoms with Crippen molar-refractivity contribution in [2.45, 2.75) is 78.0 Å². The molecular formula is C21H36N6O5. The highest BCUT2D eigenvalue weighted by atomic mass is 16.4. The summed E-state index contributed by atoms with van der Waals surface area (Å²) in [6.07, 6.45) is 3.92. The van der Waals surface area contributed by atoms with Gasteiger partial charge >= 0.3 is 5.97 Å². The first-order chi connectivity index (χ1) is 15.0. The fourth-order valence-electron chi connectivity index (χ4n) is 2.98. The molecule has 7 N–H and O–H groups in total. The number of carbonyl (C=O) groups is 4. The van der Waals surface area contributed by atoms with Crippen LogP contribution in [0.1, 0.15) is 53.2 Å². The molecule has 5 unspecified atom stereocenters. The van der Waals surface area contributed by atoms with Gasteiger partial charge in [0.25, 0.3) is 0 Å². The highest BCUT2D eigenvalue weighted by molar-refractivity contribution is 5.94. The monoisotopic (exact) mass is 452 g/mol. The maximum Gasteiger partial charge on any atom is 0.326 e. The summed E-state index contributed by atoms with van der Waals surface area (Å²) in [4.78, 5) is 56.0. The summed E-state index contributed by atoms with van der Waals surface area (Å²) in [6, 6.07) is -3.82. The number of carbonyl (C=O) groups excluding carboxylic acids is 3. The molecule has 0 aliphatic heterocycles. The first kappa shape index (κ1) is 27.1. The summed E-state index contributed by atoms with van der Waals surface area (Å²) < 4.78 is 0. The zero-order valence-corrected chi connectivity index (χ0v) is 19.3. The van der Waals surface area contributed by atoms with Gasteiger partial charge in [-0.05, 0) is 25.2 Å². The van der Waals surface area contributed by atoms with Crippen molar-refractivity contribution >= 4 is 23.7 Å². The average Bonchev–Trinajstić information content (AvgIpc) is 3.23. The molecule has 0 aromatic carbocycles. The standard InChI is InChI=1S/C21H36N6O5/c1-6-12(4)17(22)20(30)25-13(5)18(28)26-15(7-11(2)3)19(29)27-16(21(31)32)8-14-9-23-10-24-14/h9-13,15-17H,6-8,22H2,1-5H3,(H,23,24)(H,25,30)(H,26,28)(H,27,29)(H,31,32). The molecule has 0 saturated carbocycles. The molecule has 1 aromatic heterocycles. The molecule has 0 aliphatic rings. The van der Waals surface area contributed by atoms with E-state index >= 15 is 0 Å². The van der Waals surface area contributed by atoms with Crippen LogP contribution < -0.4 is 21.7 Å². The van der Waals surface area contributed by atoms with Gasteiger partial charge in [-0.1, -0.05) is 34.1 Å². The largest absolute Gasteiger partial charge is 0.480 e. The molecule has 3 amide bonds. The van der Waals surface area contributed by atoms with Crippen molar-refractivity contribution < 1.29 is 24.3 Å². The SMILES string of the molecule is CCC(C)C(N)C(=O)NC(C)C(=O)NC(CC(C)C)C(=O)NC(Cc1cnc[nH]1)C(=O)O. The molecule has 1 heterocycles. The van der Waals surface area contributed by atoms with Crippen LogP contribution in [0.15, 0.2) is 12.5 Å². The maximum atomic E-state index is 12.8. The third-order valence-electron chi connectivity index (χ3n) is 5.25. The van der Waals surface area contributed by atoms with Gasteiger partial charge in [-0.3, -0.25) is 14.4 Å². The molecule has 0 spiro atoms. The summed E-state index contributed by atoms with van der Waals surface area (Å²) in [5.41, 5.74) is 6.46. The Morgan fingerprint density at radius 2 is 1.66 bits per heavy atom. The molecule has 180 valence electrons. The number of rotatable bonds is 13. The molecule has 32 heavy (non-hydrogen) atoms. The van der Waals surface area contributed by atoms with Gasteiger partial charge in [0.1, 0.15) is 18.1 Å². The van der Waals surface area contributed by atoms with Gasteiger partial charge in [0.2, 0.25) is 17.7 Å². The zero-order chi connectivity index (χ0) is 24.4. The number of hydrogen-bond acceptors (Lipinski definition) is 6. The summed E-state index contributed by atoms with van der Waals surface area (Å²) in [5.74, 6) is -2.83. The van der Waals surface area contributed by atoms with Gasteiger partial charge < -0.3 is 31.8 Å². The number of nitrogens with two attached hydrogens (primary N) is 1. The highest BCUT2D eigenvalue weighted by Crippen LogP contribution is 2.08. The second kappa shape index (κ2) is 12.8. The predicted octanol–water partition coefficient (Wildman–Crippen LogP) is -0.0694. The van der Waals surface area contributed by atoms with Gasteiger partial charge in [0, 0.05) is 18.3 Å². The van der Waals surface area contributed by atoms with E-state index in [1.54, 1.807) is 0 Å². The Morgan fingerprint density at radius 1 is 1.03 bits per heavy atom. The fraction of sp³-hybridized carbons (Fsp3) is 0.667. The third-order valence-corrected chi connectivity index (χ3v) is 5.25. The van der Waals surface area contributed by atoms with Crippen molar-refractivity contribution in [3.63, 3.8) is 0 Å². The lowest BCUT2D eigenvalue weighted by Crippen LogP contribution is -2.57. The molecule has 0 saturated heterocycles. The van der Waals surface area contributed by atoms with Crippen LogP contribution in [0.3, 0.4) is 0 Å². The van der Waals surface area contributed by atoms with E-state index in [4.69, 9.17) is 5.73 Å². The number of hydrogen-bond donors (Lipinski definition) is 6. The first-order valence-corrected chi connectivity index (χ1v) is 10.8. The number of H-pyrrole nitrogens is 1. The minimum atomic E-state index is -1.21. The lowest BCUT2D eigenvalue weighted by molar-refractivity contribution is -0.142. The average molecular weight is 453 g/mol. The van der Waals surface area contributed by atoms with Crippen LogP contribution in [-0.2, 0) is 25.6 Å². The minimum Gasteiger partial charge on any atom is -0.480 e. The van der Waals surface area contributed by atoms with E-state index in [0.717, 1.165) is 6.42 Å². The maximum absolute atomic E-state index is 12.8. The number of carboxylic acids is 1. The van der Waals surface area contributed by atoms with E-state index < -0.39 is 47.9 Å². The summed E-state index contributed by atoms with van der Waals surface area (Å²) in [5, 5.41) is 17.1. The number of amides is 3. The molecule has 0 radical (unpaired) electrons. The van der Waals surface area contributed by atoms with E-state index in [2.05, 4.69) is 25.9 Å². The number of carboxylic acid groups (broad SMARTS) is 1. The molecule has 11 nitrogen and oxygen atoms in total. The second-order valence-corrected chi connectivity index (χ2v) is 8.51. The van der Waals surface area contributed by atoms with E-state index in [1.807, 2.05) is 27.7 Å². The smallest absolute Gasteiger partial charge is 0.326 e. The van der Waals surface area contributed by atoms with Crippen molar-refractivity contribution in [2.75, 3.05) is 0 Å². The van der Waals surface area contributed by atoms with E-state index in [0.29, 0.717) is 12.1 Å². The van der Waals surface area contributed by atoms with Gasteiger partial charge in [-0.2, -0.15) is 0 Å². The minimum absolute atomic E-state index is 0.0172. The zero-order valence-electron chi connectivity index (χ0n) is 19.3. The molecular weight excluding hydrogens is 416 g/mol. The topological polar surface area (TPSA) is 179 Å². The molecule has 11 heteroatoms. The van der Waals surface area contributed by atoms with Crippen molar-refractivity contribution in [1.29, 1.82) is 0 Å². The van der Waals surface area contributed by atoms with Gasteiger partial charge in [-0.15, -0.1) is 0 Å². The fourth-order valence-corrected chi connectivity index (χ4v) is 2.98. The normalized spacial score (nSPS) is 15.8. The highest BCUT2D eigenvalue weighted by Gasteiger charge is 2.30. The molecule has 5 atom stereocenters. The second-order valence-electron chi connectivity index (χ2n) is 8.51. The van der Waals surface area contributed by atoms with Crippen molar-refractivity contribution in [3.05, 3.63) is 18.2 Å². The van der Waals surface area contributed by atoms with Crippen LogP contribution in [-0.4, -0.2) is 62.9 Å². The van der Waals surface area contributed by atoms with Crippen LogP contribution in [0.4, 0.5) is 0 Å². The lowest BCUT2D eigenvalue weighted by Gasteiger charge is -2.25. The van der Waals surface area contributed by atoms with E-state index in [9.17, 15) is 24.3 Å². The quantitative estimate of drug-likeness (QED) is 0.242. The van der Waals surface area contributed by atoms with Crippen LogP contribution in [0, 0.1) is 11.8 Å². The molecule has 1 aromatic rings. The van der Waals surface area contributed by atoms with Crippen molar-refractivity contribution in [3.8, 4) is 0 Å². The van der Waals surface area contributed by atoms with Crippen molar-refractivity contribution in [2.24, 2.45) is 17.6 Å². The number of aliphatic carboxylic acids is 1. The Kier molecular flexibility index (Phi) is 10.8. The first-order valence-electron chi connectivity index (χ1n) is 10.8. The van der Waals surface area contributed by atoms with Crippen molar-refractivity contribution in [1.82, 2.24) is 25.9 Å². The summed E-state index contributed by atoms with van der Waals surface area (Å²) >= 11 is 0. The third kappa shape index (κ3) is 8.66. The Labute approximate surface area is 188 Å². The van der Waals surface area contributed by atoms with Gasteiger partial charge in [0.05, 0.1) is 12.4 Å². The number of nitrogens with zero attached hydrogens (tertiary/aromatic N) is 1. The molecule has 0 fully saturated rings. The van der Waals surface area contributed by atoms with Gasteiger partial charge in [-0.25, -0.2) is 9.78 Å². The number of nitrogens with one attached hydrogen (secondary N) is 4. The number of aromatic nitrogens is 2. The molecule has 0 bridgehead atoms. The summed E-state index contributed by atoms with van der Waals surface area (Å²) in [7, 11) is 0. The van der Waals surface area contributed by atoms with Gasteiger partial charge in [0.15, 0.2) is 0 Å². The Hall–Kier alpha value is -2.95. The summed E-state index contributed by atoms with van der Waals surface area (Å²) in [6.45, 7) is 9.02. The number of imidazole rings is 1. The van der Waals surface area contributed by atoms with Crippen LogP contribution in [0.2, 0.25) is 0 Å². The number of aromatic amines is 1. The van der Waals surface area contributed by atoms with Crippen LogP contribution in [0.5, 0.6) is 0 Å². The Morgan fingerprint density at radius 3 is 2.16 bits per heavy atom. The van der Waals surface area contributed by atoms with E-state index in [-0.39, 0.29) is 18.3 Å². The Balaban J connectivity index is 2.81. The molecule has 0 aliphatic carbocycles. The van der Waals surface area contributed by atoms with E-state index in [1.165, 1.54) is 19.4 Å². The van der Waals surface area contributed by atoms with Crippen LogP contribution in [0.25, 0.3) is 0 Å². The predicted molar refractivity (Wildman–Crippen MR) is 118 cm³/mol. The van der Waals surface area contributed by atoms with Crippen LogP contribution >= 0.6 is 0 Å². The molecule has 1 rings (SSSR count). The Bertz CT molecular complexity index is 767.